The predicted molar refractivity (Wildman–Crippen MR) is 178 cm³/mol. The molecule has 0 fully saturated rings. The first-order valence-corrected chi connectivity index (χ1v) is 19.7. The lowest BCUT2D eigenvalue weighted by atomic mass is 10.1. The molecule has 3 atom stereocenters. The molecule has 238 valence electrons. The molecule has 0 aromatic heterocycles. The van der Waals surface area contributed by atoms with Crippen molar-refractivity contribution in [2.24, 2.45) is 0 Å². The van der Waals surface area contributed by atoms with Gasteiger partial charge in [-0.05, 0) is 33.5 Å². The molecular weight excluding hydrogens is 577 g/mol. The second-order valence-electron chi connectivity index (χ2n) is 13.4. The van der Waals surface area contributed by atoms with Crippen molar-refractivity contribution in [3.63, 3.8) is 0 Å². The summed E-state index contributed by atoms with van der Waals surface area (Å²) < 4.78 is 31.8. The van der Waals surface area contributed by atoms with Crippen LogP contribution < -0.4 is 10.4 Å². The first-order valence-electron chi connectivity index (χ1n) is 14.9. The highest BCUT2D eigenvalue weighted by molar-refractivity contribution is 6.99. The van der Waals surface area contributed by atoms with Crippen molar-refractivity contribution in [1.82, 2.24) is 0 Å². The fraction of sp³-hybridized carbons (Fsp3) is 0.529. The second-order valence-corrected chi connectivity index (χ2v) is 22.5. The predicted octanol–water partition coefficient (Wildman–Crippen LogP) is 6.02. The minimum Gasteiger partial charge on any atom is -0.463 e. The number of carbonyl (C=O) groups is 2. The highest BCUT2D eigenvalue weighted by Gasteiger charge is 2.51. The first kappa shape index (κ1) is 36.6. The summed E-state index contributed by atoms with van der Waals surface area (Å²) >= 11 is 0. The lowest BCUT2D eigenvalue weighted by molar-refractivity contribution is -0.171. The SMILES string of the molecule is C=CCO[C@@H]([C@H](COC(C)=O)O[Si](C)(C)C(C)(C)C)[C@@H](CO[Si](c1ccccc1)(c1ccccc1)C(C)(C)C)OC(C)=O. The molecule has 0 aliphatic heterocycles. The van der Waals surface area contributed by atoms with E-state index < -0.39 is 46.9 Å². The van der Waals surface area contributed by atoms with Crippen LogP contribution in [0.1, 0.15) is 55.4 Å². The zero-order valence-corrected chi connectivity index (χ0v) is 29.8. The number of benzene rings is 2. The van der Waals surface area contributed by atoms with Gasteiger partial charge >= 0.3 is 11.9 Å². The third kappa shape index (κ3) is 9.71. The number of rotatable bonds is 15. The van der Waals surface area contributed by atoms with Crippen LogP contribution in [0.2, 0.25) is 23.2 Å². The molecule has 0 N–H and O–H groups in total. The van der Waals surface area contributed by atoms with Gasteiger partial charge in [0.25, 0.3) is 8.32 Å². The summed E-state index contributed by atoms with van der Waals surface area (Å²) in [4.78, 5) is 24.5. The molecule has 0 aliphatic rings. The van der Waals surface area contributed by atoms with Crippen LogP contribution in [0.5, 0.6) is 0 Å². The van der Waals surface area contributed by atoms with Gasteiger partial charge in [0.05, 0.1) is 13.2 Å². The second kappa shape index (κ2) is 15.4. The van der Waals surface area contributed by atoms with Gasteiger partial charge in [-0.15, -0.1) is 6.58 Å². The summed E-state index contributed by atoms with van der Waals surface area (Å²) in [5, 5.41) is 1.79. The Balaban J connectivity index is 2.68. The van der Waals surface area contributed by atoms with Crippen molar-refractivity contribution < 1.29 is 32.7 Å². The van der Waals surface area contributed by atoms with Gasteiger partial charge in [-0.25, -0.2) is 0 Å². The third-order valence-electron chi connectivity index (χ3n) is 8.04. The Morgan fingerprint density at radius 1 is 0.791 bits per heavy atom. The first-order chi connectivity index (χ1) is 20.0. The van der Waals surface area contributed by atoms with E-state index in [0.717, 1.165) is 10.4 Å². The van der Waals surface area contributed by atoms with Crippen LogP contribution in [0.25, 0.3) is 0 Å². The molecule has 0 saturated heterocycles. The van der Waals surface area contributed by atoms with Crippen molar-refractivity contribution in [3.05, 3.63) is 73.3 Å². The molecule has 0 amide bonds. The highest BCUT2D eigenvalue weighted by atomic mass is 28.4. The number of ether oxygens (including phenoxy) is 3. The van der Waals surface area contributed by atoms with Gasteiger partial charge in [0.1, 0.15) is 18.8 Å². The summed E-state index contributed by atoms with van der Waals surface area (Å²) in [7, 11) is -5.36. The van der Waals surface area contributed by atoms with Crippen LogP contribution in [0.3, 0.4) is 0 Å². The lowest BCUT2D eigenvalue weighted by Gasteiger charge is -2.45. The van der Waals surface area contributed by atoms with Crippen LogP contribution in [0.15, 0.2) is 73.3 Å². The Hall–Kier alpha value is -2.57. The van der Waals surface area contributed by atoms with Crippen molar-refractivity contribution >= 4 is 38.9 Å². The van der Waals surface area contributed by atoms with Gasteiger partial charge in [-0.2, -0.15) is 0 Å². The molecule has 0 heterocycles. The summed E-state index contributed by atoms with van der Waals surface area (Å²) in [6.07, 6.45) is -0.731. The van der Waals surface area contributed by atoms with E-state index in [1.54, 1.807) is 6.08 Å². The van der Waals surface area contributed by atoms with Crippen LogP contribution in [0.4, 0.5) is 0 Å². The fourth-order valence-electron chi connectivity index (χ4n) is 4.96. The Kier molecular flexibility index (Phi) is 13.1. The summed E-state index contributed by atoms with van der Waals surface area (Å²) in [5.41, 5.74) is 0. The highest BCUT2D eigenvalue weighted by Crippen LogP contribution is 2.39. The molecule has 0 radical (unpaired) electrons. The van der Waals surface area contributed by atoms with Gasteiger partial charge in [0.2, 0.25) is 0 Å². The maximum absolute atomic E-state index is 12.6. The number of hydrogen-bond acceptors (Lipinski definition) is 7. The molecule has 43 heavy (non-hydrogen) atoms. The van der Waals surface area contributed by atoms with Crippen molar-refractivity contribution in [2.75, 3.05) is 19.8 Å². The van der Waals surface area contributed by atoms with Crippen LogP contribution >= 0.6 is 0 Å². The van der Waals surface area contributed by atoms with E-state index in [1.807, 2.05) is 36.4 Å². The van der Waals surface area contributed by atoms with E-state index in [2.05, 4.69) is 85.5 Å². The summed E-state index contributed by atoms with van der Waals surface area (Å²) in [5.74, 6) is -0.902. The fourth-order valence-corrected chi connectivity index (χ4v) is 10.8. The van der Waals surface area contributed by atoms with E-state index in [4.69, 9.17) is 23.1 Å². The molecule has 2 aromatic rings. The van der Waals surface area contributed by atoms with Gasteiger partial charge in [0, 0.05) is 13.8 Å². The third-order valence-corrected chi connectivity index (χ3v) is 17.5. The quantitative estimate of drug-likeness (QED) is 0.136. The number of esters is 2. The number of hydrogen-bond donors (Lipinski definition) is 0. The summed E-state index contributed by atoms with van der Waals surface area (Å²) in [6.45, 7) is 24.0. The zero-order valence-electron chi connectivity index (χ0n) is 27.8. The summed E-state index contributed by atoms with van der Waals surface area (Å²) in [6, 6.07) is 20.5. The van der Waals surface area contributed by atoms with Crippen LogP contribution in [-0.4, -0.2) is 66.7 Å². The van der Waals surface area contributed by atoms with Crippen molar-refractivity contribution in [3.8, 4) is 0 Å². The molecule has 2 rings (SSSR count). The molecule has 9 heteroatoms. The smallest absolute Gasteiger partial charge is 0.303 e. The standard InChI is InChI=1S/C34H52O7Si2/c1-12-23-37-32(31(24-38-26(2)35)41-42(10,11)33(4,5)6)30(40-27(3)36)25-39-43(34(7,8)9,28-19-15-13-16-20-28)29-21-17-14-18-22-29/h12-22,30-32H,1,23-25H2,2-11H3/t30-,31+,32-/m1/s1. The van der Waals surface area contributed by atoms with E-state index >= 15 is 0 Å². The Bertz CT molecular complexity index is 1130. The largest absolute Gasteiger partial charge is 0.463 e. The van der Waals surface area contributed by atoms with Crippen LogP contribution in [0, 0.1) is 0 Å². The van der Waals surface area contributed by atoms with Gasteiger partial charge in [-0.1, -0.05) is 108 Å². The maximum atomic E-state index is 12.6. The van der Waals surface area contributed by atoms with E-state index in [-0.39, 0.29) is 29.9 Å². The Labute approximate surface area is 261 Å². The molecule has 0 unspecified atom stereocenters. The molecule has 7 nitrogen and oxygen atoms in total. The average Bonchev–Trinajstić information content (AvgIpc) is 2.91. The van der Waals surface area contributed by atoms with E-state index in [9.17, 15) is 9.59 Å². The Morgan fingerprint density at radius 3 is 1.70 bits per heavy atom. The average molecular weight is 629 g/mol. The monoisotopic (exact) mass is 628 g/mol. The zero-order chi connectivity index (χ0) is 32.5. The van der Waals surface area contributed by atoms with Crippen molar-refractivity contribution in [1.29, 1.82) is 0 Å². The van der Waals surface area contributed by atoms with Crippen LogP contribution in [-0.2, 0) is 32.7 Å². The minimum atomic E-state index is -2.97. The van der Waals surface area contributed by atoms with E-state index in [1.165, 1.54) is 13.8 Å². The normalized spacial score (nSPS) is 14.8. The van der Waals surface area contributed by atoms with Crippen molar-refractivity contribution in [2.45, 2.75) is 96.9 Å². The minimum absolute atomic E-state index is 0.0477. The van der Waals surface area contributed by atoms with Gasteiger partial charge in [-0.3, -0.25) is 9.59 Å². The topological polar surface area (TPSA) is 80.3 Å². The molecule has 2 aromatic carbocycles. The van der Waals surface area contributed by atoms with Gasteiger partial charge in [0.15, 0.2) is 14.4 Å². The maximum Gasteiger partial charge on any atom is 0.303 e. The molecule has 0 aliphatic carbocycles. The Morgan fingerprint density at radius 2 is 1.30 bits per heavy atom. The molecule has 0 bridgehead atoms. The lowest BCUT2D eigenvalue weighted by Crippen LogP contribution is -2.67. The van der Waals surface area contributed by atoms with Gasteiger partial charge < -0.3 is 23.1 Å². The molecule has 0 saturated carbocycles. The molecular formula is C34H52O7Si2. The van der Waals surface area contributed by atoms with E-state index in [0.29, 0.717) is 0 Å². The molecule has 0 spiro atoms. The number of carbonyl (C=O) groups excluding carboxylic acids is 2.